The predicted molar refractivity (Wildman–Crippen MR) is 40.6 cm³/mol. The number of hydrogen-bond donors (Lipinski definition) is 1. The molecule has 3 nitrogen and oxygen atoms in total. The van der Waals surface area contributed by atoms with Gasteiger partial charge in [0, 0.05) is 0 Å². The Bertz CT molecular complexity index is 272. The van der Waals surface area contributed by atoms with Gasteiger partial charge in [0.25, 0.3) is 0 Å². The fourth-order valence-corrected chi connectivity index (χ4v) is 0.813. The molecular weight excluding hydrogens is 140 g/mol. The van der Waals surface area contributed by atoms with E-state index >= 15 is 0 Å². The summed E-state index contributed by atoms with van der Waals surface area (Å²) in [6, 6.07) is 5.19. The van der Waals surface area contributed by atoms with Crippen molar-refractivity contribution in [3.63, 3.8) is 0 Å². The maximum Gasteiger partial charge on any atom is 0.203 e. The van der Waals surface area contributed by atoms with Crippen molar-refractivity contribution in [3.05, 3.63) is 23.7 Å². The van der Waals surface area contributed by atoms with Crippen LogP contribution in [0.4, 0.5) is 0 Å². The molecule has 58 valence electrons. The van der Waals surface area contributed by atoms with Gasteiger partial charge in [0.15, 0.2) is 0 Å². The van der Waals surface area contributed by atoms with Crippen LogP contribution in [-0.2, 0) is 0 Å². The molecule has 0 bridgehead atoms. The van der Waals surface area contributed by atoms with Crippen molar-refractivity contribution < 1.29 is 4.42 Å². The lowest BCUT2D eigenvalue weighted by molar-refractivity contribution is 0.452. The number of rotatable bonds is 2. The zero-order chi connectivity index (χ0) is 8.27. The maximum atomic E-state index is 8.42. The van der Waals surface area contributed by atoms with Gasteiger partial charge < -0.3 is 10.2 Å². The first-order chi connectivity index (χ1) is 5.27. The van der Waals surface area contributed by atoms with Gasteiger partial charge in [0.2, 0.25) is 5.76 Å². The third kappa shape index (κ3) is 1.60. The summed E-state index contributed by atoms with van der Waals surface area (Å²) >= 11 is 0. The second-order valence-corrected chi connectivity index (χ2v) is 2.33. The number of hydrogen-bond acceptors (Lipinski definition) is 3. The van der Waals surface area contributed by atoms with E-state index in [1.807, 2.05) is 13.0 Å². The third-order valence-corrected chi connectivity index (χ3v) is 1.54. The SMILES string of the molecule is CC[C@@H](N)c1ccc(C#N)o1. The van der Waals surface area contributed by atoms with Crippen LogP contribution in [0.25, 0.3) is 0 Å². The Labute approximate surface area is 65.4 Å². The lowest BCUT2D eigenvalue weighted by atomic mass is 10.2. The Morgan fingerprint density at radius 1 is 1.73 bits per heavy atom. The van der Waals surface area contributed by atoms with Crippen molar-refractivity contribution in [1.29, 1.82) is 5.26 Å². The van der Waals surface area contributed by atoms with Crippen LogP contribution in [0.1, 0.15) is 30.9 Å². The van der Waals surface area contributed by atoms with Crippen molar-refractivity contribution in [1.82, 2.24) is 0 Å². The van der Waals surface area contributed by atoms with Gasteiger partial charge in [-0.15, -0.1) is 0 Å². The van der Waals surface area contributed by atoms with Crippen LogP contribution in [-0.4, -0.2) is 0 Å². The van der Waals surface area contributed by atoms with E-state index in [1.165, 1.54) is 0 Å². The molecule has 0 saturated carbocycles. The van der Waals surface area contributed by atoms with Crippen LogP contribution in [0.3, 0.4) is 0 Å². The zero-order valence-electron chi connectivity index (χ0n) is 6.37. The molecule has 0 spiro atoms. The summed E-state index contributed by atoms with van der Waals surface area (Å²) in [7, 11) is 0. The first-order valence-corrected chi connectivity index (χ1v) is 3.53. The van der Waals surface area contributed by atoms with Gasteiger partial charge in [-0.05, 0) is 18.6 Å². The third-order valence-electron chi connectivity index (χ3n) is 1.54. The molecule has 11 heavy (non-hydrogen) atoms. The topological polar surface area (TPSA) is 63.0 Å². The highest BCUT2D eigenvalue weighted by Crippen LogP contribution is 2.15. The Kier molecular flexibility index (Phi) is 2.29. The molecule has 1 rings (SSSR count). The molecule has 1 aromatic heterocycles. The minimum atomic E-state index is -0.0860. The molecule has 1 aromatic rings. The minimum absolute atomic E-state index is 0.0860. The summed E-state index contributed by atoms with van der Waals surface area (Å²) in [4.78, 5) is 0. The Morgan fingerprint density at radius 2 is 2.45 bits per heavy atom. The van der Waals surface area contributed by atoms with Crippen LogP contribution in [0.2, 0.25) is 0 Å². The van der Waals surface area contributed by atoms with Gasteiger partial charge >= 0.3 is 0 Å². The predicted octanol–water partition coefficient (Wildman–Crippen LogP) is 1.56. The van der Waals surface area contributed by atoms with Crippen molar-refractivity contribution in [2.75, 3.05) is 0 Å². The molecule has 0 aromatic carbocycles. The van der Waals surface area contributed by atoms with Crippen LogP contribution >= 0.6 is 0 Å². The molecule has 0 radical (unpaired) electrons. The van der Waals surface area contributed by atoms with E-state index in [0.717, 1.165) is 6.42 Å². The molecule has 0 saturated heterocycles. The van der Waals surface area contributed by atoms with Gasteiger partial charge in [-0.2, -0.15) is 5.26 Å². The van der Waals surface area contributed by atoms with Crippen LogP contribution in [0, 0.1) is 11.3 Å². The molecule has 0 fully saturated rings. The highest BCUT2D eigenvalue weighted by Gasteiger charge is 2.07. The first-order valence-electron chi connectivity index (χ1n) is 3.53. The van der Waals surface area contributed by atoms with Crippen LogP contribution < -0.4 is 5.73 Å². The molecule has 2 N–H and O–H groups in total. The van der Waals surface area contributed by atoms with E-state index in [0.29, 0.717) is 11.5 Å². The summed E-state index contributed by atoms with van der Waals surface area (Å²) in [5.41, 5.74) is 5.66. The van der Waals surface area contributed by atoms with Gasteiger partial charge in [0.05, 0.1) is 6.04 Å². The number of nitrogens with zero attached hydrogens (tertiary/aromatic N) is 1. The molecule has 0 amide bonds. The Balaban J connectivity index is 2.82. The smallest absolute Gasteiger partial charge is 0.203 e. The fourth-order valence-electron chi connectivity index (χ4n) is 0.813. The standard InChI is InChI=1S/C8H10N2O/c1-2-7(10)8-4-3-6(5-9)11-8/h3-4,7H,2,10H2,1H3/t7-/m1/s1. The van der Waals surface area contributed by atoms with E-state index in [-0.39, 0.29) is 6.04 Å². The van der Waals surface area contributed by atoms with Crippen molar-refractivity contribution in [2.45, 2.75) is 19.4 Å². The number of nitrogens with two attached hydrogens (primary N) is 1. The molecule has 0 aliphatic rings. The largest absolute Gasteiger partial charge is 0.449 e. The first kappa shape index (κ1) is 7.83. The fraction of sp³-hybridized carbons (Fsp3) is 0.375. The summed E-state index contributed by atoms with van der Waals surface area (Å²) in [5, 5.41) is 8.42. The number of furan rings is 1. The zero-order valence-corrected chi connectivity index (χ0v) is 6.37. The normalized spacial score (nSPS) is 12.5. The molecule has 1 heterocycles. The lowest BCUT2D eigenvalue weighted by Crippen LogP contribution is -2.06. The average molecular weight is 150 g/mol. The summed E-state index contributed by atoms with van der Waals surface area (Å²) < 4.78 is 5.10. The quantitative estimate of drug-likeness (QED) is 0.695. The molecule has 3 heteroatoms. The van der Waals surface area contributed by atoms with Crippen molar-refractivity contribution >= 4 is 0 Å². The monoisotopic (exact) mass is 150 g/mol. The van der Waals surface area contributed by atoms with Crippen LogP contribution in [0.15, 0.2) is 16.5 Å². The maximum absolute atomic E-state index is 8.42. The van der Waals surface area contributed by atoms with Gasteiger partial charge in [0.1, 0.15) is 11.8 Å². The Hall–Kier alpha value is -1.27. The lowest BCUT2D eigenvalue weighted by Gasteiger charge is -2.02. The summed E-state index contributed by atoms with van der Waals surface area (Å²) in [6.07, 6.45) is 0.818. The van der Waals surface area contributed by atoms with Gasteiger partial charge in [-0.1, -0.05) is 6.92 Å². The van der Waals surface area contributed by atoms with E-state index in [2.05, 4.69) is 0 Å². The minimum Gasteiger partial charge on any atom is -0.449 e. The van der Waals surface area contributed by atoms with E-state index in [4.69, 9.17) is 15.4 Å². The second kappa shape index (κ2) is 3.22. The molecule has 1 atom stereocenters. The van der Waals surface area contributed by atoms with Crippen LogP contribution in [0.5, 0.6) is 0 Å². The molecule has 0 aliphatic carbocycles. The van der Waals surface area contributed by atoms with Crippen molar-refractivity contribution in [3.8, 4) is 6.07 Å². The highest BCUT2D eigenvalue weighted by atomic mass is 16.3. The molecular formula is C8H10N2O. The van der Waals surface area contributed by atoms with E-state index in [1.54, 1.807) is 12.1 Å². The number of nitriles is 1. The van der Waals surface area contributed by atoms with E-state index < -0.39 is 0 Å². The summed E-state index contributed by atoms with van der Waals surface area (Å²) in [5.74, 6) is 1.01. The van der Waals surface area contributed by atoms with Gasteiger partial charge in [-0.3, -0.25) is 0 Å². The van der Waals surface area contributed by atoms with E-state index in [9.17, 15) is 0 Å². The average Bonchev–Trinajstić information content (AvgIpc) is 2.50. The Morgan fingerprint density at radius 3 is 2.91 bits per heavy atom. The highest BCUT2D eigenvalue weighted by molar-refractivity contribution is 5.20. The van der Waals surface area contributed by atoms with Crippen molar-refractivity contribution in [2.24, 2.45) is 5.73 Å². The molecule has 0 unspecified atom stereocenters. The second-order valence-electron chi connectivity index (χ2n) is 2.33. The summed E-state index contributed by atoms with van der Waals surface area (Å²) in [6.45, 7) is 1.97. The molecule has 0 aliphatic heterocycles. The van der Waals surface area contributed by atoms with Gasteiger partial charge in [-0.25, -0.2) is 0 Å².